The summed E-state index contributed by atoms with van der Waals surface area (Å²) in [6.45, 7) is 4.79. The fraction of sp³-hybridized carbons (Fsp3) is 0.630. The van der Waals surface area contributed by atoms with Gasteiger partial charge in [-0.3, -0.25) is 4.79 Å². The summed E-state index contributed by atoms with van der Waals surface area (Å²) in [6, 6.07) is 10.1. The Morgan fingerprint density at radius 2 is 1.88 bits per heavy atom. The molecule has 1 aromatic carbocycles. The number of benzene rings is 1. The van der Waals surface area contributed by atoms with Gasteiger partial charge in [-0.05, 0) is 93.1 Å². The number of hydrogen-bond acceptors (Lipinski definition) is 6. The number of rotatable bonds is 8. The zero-order valence-corrected chi connectivity index (χ0v) is 20.9. The van der Waals surface area contributed by atoms with E-state index in [-0.39, 0.29) is 17.7 Å². The lowest BCUT2D eigenvalue weighted by atomic mass is 9.66. The average Bonchev–Trinajstić information content (AvgIpc) is 3.26. The normalized spacial score (nSPS) is 26.1. The highest BCUT2D eigenvalue weighted by Crippen LogP contribution is 2.44. The van der Waals surface area contributed by atoms with E-state index in [1.54, 1.807) is 0 Å². The molecule has 1 aromatic heterocycles. The number of piperidine rings is 1. The van der Waals surface area contributed by atoms with E-state index in [0.717, 1.165) is 42.7 Å². The first-order valence-electron chi connectivity index (χ1n) is 13.0. The number of nitrogens with one attached hydrogen (secondary N) is 2. The zero-order valence-electron chi connectivity index (χ0n) is 20.1. The van der Waals surface area contributed by atoms with Crippen molar-refractivity contribution < 1.29 is 14.1 Å². The Bertz CT molecular complexity index is 932. The van der Waals surface area contributed by atoms with E-state index < -0.39 is 0 Å². The van der Waals surface area contributed by atoms with Gasteiger partial charge in [-0.2, -0.15) is 0 Å². The van der Waals surface area contributed by atoms with Crippen molar-refractivity contribution >= 4 is 17.7 Å². The van der Waals surface area contributed by atoms with E-state index in [1.165, 1.54) is 50.3 Å². The lowest BCUT2D eigenvalue weighted by Crippen LogP contribution is -2.42. The summed E-state index contributed by atoms with van der Waals surface area (Å²) in [5.41, 5.74) is 0. The Kier molecular flexibility index (Phi) is 7.80. The molecule has 2 bridgehead atoms. The molecule has 7 heteroatoms. The molecular formula is C27H37N3O3S. The van der Waals surface area contributed by atoms with Gasteiger partial charge in [0, 0.05) is 10.9 Å². The molecule has 2 saturated carbocycles. The Morgan fingerprint density at radius 3 is 2.62 bits per heavy atom. The van der Waals surface area contributed by atoms with Crippen molar-refractivity contribution in [2.24, 2.45) is 23.7 Å². The second-order valence-corrected chi connectivity index (χ2v) is 11.5. The van der Waals surface area contributed by atoms with Crippen LogP contribution in [0.1, 0.15) is 68.8 Å². The first kappa shape index (κ1) is 23.7. The Balaban J connectivity index is 1.29. The first-order chi connectivity index (χ1) is 16.7. The third-order valence-corrected chi connectivity index (χ3v) is 9.01. The van der Waals surface area contributed by atoms with Crippen LogP contribution in [-0.2, 0) is 0 Å². The smallest absolute Gasteiger partial charge is 0.291 e. The van der Waals surface area contributed by atoms with Crippen LogP contribution in [0.15, 0.2) is 44.6 Å². The Morgan fingerprint density at radius 1 is 1.15 bits per heavy atom. The molecule has 3 fully saturated rings. The number of amides is 1. The van der Waals surface area contributed by atoms with Crippen LogP contribution in [0.4, 0.5) is 0 Å². The van der Waals surface area contributed by atoms with Crippen LogP contribution in [0, 0.1) is 23.7 Å². The molecule has 2 N–H and O–H groups in total. The van der Waals surface area contributed by atoms with Crippen LogP contribution in [0.25, 0.3) is 0 Å². The fourth-order valence-corrected chi connectivity index (χ4v) is 6.96. The minimum atomic E-state index is -0.189. The maximum atomic E-state index is 13.4. The van der Waals surface area contributed by atoms with Crippen LogP contribution in [0.2, 0.25) is 0 Å². The van der Waals surface area contributed by atoms with Gasteiger partial charge in [-0.15, -0.1) is 0 Å². The summed E-state index contributed by atoms with van der Waals surface area (Å²) in [6.07, 6.45) is 10.1. The third kappa shape index (κ3) is 5.80. The van der Waals surface area contributed by atoms with Crippen molar-refractivity contribution in [2.45, 2.75) is 74.1 Å². The molecule has 0 radical (unpaired) electrons. The number of nitrogens with zero attached hydrogens (tertiary/aromatic N) is 1. The molecule has 3 atom stereocenters. The van der Waals surface area contributed by atoms with Crippen molar-refractivity contribution in [1.82, 2.24) is 15.8 Å². The van der Waals surface area contributed by atoms with Crippen LogP contribution in [0.5, 0.6) is 5.88 Å². The molecule has 34 heavy (non-hydrogen) atoms. The number of hydrogen-bond donors (Lipinski definition) is 2. The van der Waals surface area contributed by atoms with Crippen molar-refractivity contribution in [1.29, 1.82) is 0 Å². The molecule has 1 saturated heterocycles. The van der Waals surface area contributed by atoms with E-state index in [2.05, 4.69) is 22.7 Å². The highest BCUT2D eigenvalue weighted by molar-refractivity contribution is 7.99. The number of carbonyl (C=O) groups excluding carboxylic acids is 1. The van der Waals surface area contributed by atoms with Crippen molar-refractivity contribution in [3.05, 3.63) is 36.1 Å². The highest BCUT2D eigenvalue weighted by Gasteiger charge is 2.35. The molecule has 0 spiro atoms. The molecular weight excluding hydrogens is 446 g/mol. The van der Waals surface area contributed by atoms with Gasteiger partial charge < -0.3 is 19.9 Å². The number of aromatic nitrogens is 1. The van der Waals surface area contributed by atoms with Gasteiger partial charge in [0.1, 0.15) is 4.90 Å². The fourth-order valence-electron chi connectivity index (χ4n) is 6.03. The van der Waals surface area contributed by atoms with Crippen molar-refractivity contribution in [3.8, 4) is 5.88 Å². The van der Waals surface area contributed by atoms with Crippen LogP contribution >= 0.6 is 11.8 Å². The molecule has 5 rings (SSSR count). The minimum absolute atomic E-state index is 0.120. The molecule has 2 aromatic rings. The van der Waals surface area contributed by atoms with Crippen molar-refractivity contribution in [3.63, 3.8) is 0 Å². The Hall–Kier alpha value is -1.99. The molecule has 184 valence electrons. The Labute approximate surface area is 207 Å². The predicted molar refractivity (Wildman–Crippen MR) is 133 cm³/mol. The summed E-state index contributed by atoms with van der Waals surface area (Å²) in [4.78, 5) is 15.1. The minimum Gasteiger partial charge on any atom is -0.474 e. The summed E-state index contributed by atoms with van der Waals surface area (Å²) >= 11 is 1.48. The zero-order chi connectivity index (χ0) is 23.3. The topological polar surface area (TPSA) is 76.4 Å². The maximum Gasteiger partial charge on any atom is 0.291 e. The van der Waals surface area contributed by atoms with Gasteiger partial charge in [-0.1, -0.05) is 49.2 Å². The molecule has 1 aliphatic heterocycles. The van der Waals surface area contributed by atoms with Crippen LogP contribution in [0.3, 0.4) is 0 Å². The molecule has 1 amide bonds. The quantitative estimate of drug-likeness (QED) is 0.513. The van der Waals surface area contributed by atoms with Crippen LogP contribution in [-0.4, -0.2) is 36.8 Å². The van der Waals surface area contributed by atoms with Gasteiger partial charge in [0.15, 0.2) is 0 Å². The molecule has 3 unspecified atom stereocenters. The van der Waals surface area contributed by atoms with Gasteiger partial charge in [0.25, 0.3) is 11.8 Å². The number of ether oxygens (including phenoxy) is 1. The summed E-state index contributed by atoms with van der Waals surface area (Å²) in [5.74, 6) is 3.20. The number of fused-ring (bicyclic) bond motifs is 2. The van der Waals surface area contributed by atoms with E-state index >= 15 is 0 Å². The number of carbonyl (C=O) groups is 1. The van der Waals surface area contributed by atoms with E-state index in [4.69, 9.17) is 9.26 Å². The lowest BCUT2D eigenvalue weighted by molar-refractivity contribution is 0.0818. The van der Waals surface area contributed by atoms with E-state index in [0.29, 0.717) is 29.2 Å². The van der Waals surface area contributed by atoms with Crippen LogP contribution < -0.4 is 15.4 Å². The van der Waals surface area contributed by atoms with Gasteiger partial charge in [0.05, 0.1) is 6.61 Å². The van der Waals surface area contributed by atoms with Crippen molar-refractivity contribution in [2.75, 3.05) is 19.7 Å². The average molecular weight is 484 g/mol. The van der Waals surface area contributed by atoms with E-state index in [1.807, 2.05) is 30.3 Å². The molecule has 2 heterocycles. The van der Waals surface area contributed by atoms with Gasteiger partial charge >= 0.3 is 0 Å². The largest absolute Gasteiger partial charge is 0.474 e. The predicted octanol–water partition coefficient (Wildman–Crippen LogP) is 5.54. The second-order valence-electron chi connectivity index (χ2n) is 10.5. The lowest BCUT2D eigenvalue weighted by Gasteiger charge is -2.41. The summed E-state index contributed by atoms with van der Waals surface area (Å²) in [7, 11) is 0. The highest BCUT2D eigenvalue weighted by atomic mass is 32.2. The standard InChI is InChI=1S/C27H37N3O3S/c1-18(22-15-20-6-5-7-21(14-20)16-22)29-26(31)24-25(34-23-8-3-2-4-9-23)27(30-33-24)32-17-19-10-12-28-13-11-19/h2-4,8-9,18-22,28H,5-7,10-17H2,1H3,(H,29,31). The molecule has 2 aliphatic carbocycles. The summed E-state index contributed by atoms with van der Waals surface area (Å²) < 4.78 is 11.7. The van der Waals surface area contributed by atoms with Gasteiger partial charge in [-0.25, -0.2) is 0 Å². The SMILES string of the molecule is CC(NC(=O)c1onc(OCC2CCNCC2)c1Sc1ccccc1)C1CC2CCCC(C2)C1. The maximum absolute atomic E-state index is 13.4. The monoisotopic (exact) mass is 483 g/mol. The third-order valence-electron chi connectivity index (χ3n) is 7.93. The second kappa shape index (κ2) is 11.2. The molecule has 6 nitrogen and oxygen atoms in total. The first-order valence-corrected chi connectivity index (χ1v) is 13.8. The molecule has 3 aliphatic rings. The summed E-state index contributed by atoms with van der Waals surface area (Å²) in [5, 5.41) is 10.8. The van der Waals surface area contributed by atoms with Gasteiger partial charge in [0.2, 0.25) is 5.76 Å². The van der Waals surface area contributed by atoms with E-state index in [9.17, 15) is 4.79 Å².